The summed E-state index contributed by atoms with van der Waals surface area (Å²) in [6, 6.07) is 0.694. The first kappa shape index (κ1) is 18.2. The zero-order valence-corrected chi connectivity index (χ0v) is 13.8. The van der Waals surface area contributed by atoms with Crippen LogP contribution in [0.5, 0.6) is 0 Å². The van der Waals surface area contributed by atoms with Gasteiger partial charge < -0.3 is 20.7 Å². The molecule has 0 saturated carbocycles. The van der Waals surface area contributed by atoms with Gasteiger partial charge in [-0.2, -0.15) is 13.2 Å². The predicted molar refractivity (Wildman–Crippen MR) is 83.5 cm³/mol. The van der Waals surface area contributed by atoms with Crippen LogP contribution in [0.4, 0.5) is 29.5 Å². The predicted octanol–water partition coefficient (Wildman–Crippen LogP) is 3.10. The molecule has 6 nitrogen and oxygen atoms in total. The van der Waals surface area contributed by atoms with Crippen molar-refractivity contribution in [2.75, 3.05) is 24.1 Å². The van der Waals surface area contributed by atoms with Gasteiger partial charge >= 0.3 is 12.3 Å². The van der Waals surface area contributed by atoms with Gasteiger partial charge in [-0.15, -0.1) is 0 Å². The van der Waals surface area contributed by atoms with Gasteiger partial charge in [-0.25, -0.2) is 9.78 Å². The first-order chi connectivity index (χ1) is 11.0. The van der Waals surface area contributed by atoms with Crippen LogP contribution in [0, 0.1) is 0 Å². The average molecular weight is 346 g/mol. The molecule has 1 saturated heterocycles. The van der Waals surface area contributed by atoms with Gasteiger partial charge in [0.1, 0.15) is 11.4 Å². The summed E-state index contributed by atoms with van der Waals surface area (Å²) in [4.78, 5) is 17.3. The summed E-state index contributed by atoms with van der Waals surface area (Å²) in [5, 5.41) is 2.98. The molecule has 1 unspecified atom stereocenters. The quantitative estimate of drug-likeness (QED) is 0.860. The van der Waals surface area contributed by atoms with Crippen LogP contribution >= 0.6 is 0 Å². The largest absolute Gasteiger partial charge is 0.444 e. The third kappa shape index (κ3) is 4.65. The number of nitrogens with two attached hydrogens (primary N) is 1. The lowest BCUT2D eigenvalue weighted by Gasteiger charge is -2.24. The van der Waals surface area contributed by atoms with Crippen LogP contribution in [0.3, 0.4) is 0 Å². The Hall–Kier alpha value is -2.19. The van der Waals surface area contributed by atoms with Gasteiger partial charge in [0.25, 0.3) is 0 Å². The lowest BCUT2D eigenvalue weighted by Crippen LogP contribution is -2.36. The maximum atomic E-state index is 12.6. The number of carbonyl (C=O) groups is 1. The molecule has 1 aromatic heterocycles. The molecule has 2 rings (SSSR count). The molecule has 1 aliphatic rings. The number of hydrogen-bond donors (Lipinski definition) is 2. The van der Waals surface area contributed by atoms with Gasteiger partial charge in [0, 0.05) is 25.3 Å². The Bertz CT molecular complexity index is 614. The molecule has 9 heteroatoms. The summed E-state index contributed by atoms with van der Waals surface area (Å²) in [5.41, 5.74) is 4.08. The Morgan fingerprint density at radius 2 is 2.08 bits per heavy atom. The Labute approximate surface area is 138 Å². The van der Waals surface area contributed by atoms with E-state index in [-0.39, 0.29) is 17.5 Å². The zero-order chi connectivity index (χ0) is 18.1. The van der Waals surface area contributed by atoms with E-state index >= 15 is 0 Å². The molecule has 0 bridgehead atoms. The maximum absolute atomic E-state index is 12.6. The molecule has 1 aliphatic heterocycles. The maximum Gasteiger partial charge on any atom is 0.417 e. The third-order valence-corrected chi connectivity index (χ3v) is 3.43. The molecule has 0 aliphatic carbocycles. The van der Waals surface area contributed by atoms with E-state index in [1.54, 1.807) is 25.7 Å². The number of alkyl halides is 3. The van der Waals surface area contributed by atoms with Crippen molar-refractivity contribution in [1.82, 2.24) is 9.88 Å². The fraction of sp³-hybridized carbons (Fsp3) is 0.600. The molecule has 0 spiro atoms. The van der Waals surface area contributed by atoms with E-state index in [0.717, 1.165) is 12.3 Å². The number of halogens is 3. The highest BCUT2D eigenvalue weighted by molar-refractivity contribution is 5.69. The second-order valence-electron chi connectivity index (χ2n) is 6.72. The second kappa shape index (κ2) is 6.37. The number of likely N-dealkylation sites (tertiary alicyclic amines) is 1. The molecule has 1 amide bonds. The summed E-state index contributed by atoms with van der Waals surface area (Å²) in [7, 11) is 0. The summed E-state index contributed by atoms with van der Waals surface area (Å²) in [6.07, 6.45) is -3.54. The van der Waals surface area contributed by atoms with Gasteiger partial charge in [0.05, 0.1) is 11.3 Å². The molecule has 1 atom stereocenters. The van der Waals surface area contributed by atoms with Crippen LogP contribution < -0.4 is 11.1 Å². The molecule has 24 heavy (non-hydrogen) atoms. The topological polar surface area (TPSA) is 80.5 Å². The van der Waals surface area contributed by atoms with Crippen LogP contribution in [0.25, 0.3) is 0 Å². The van der Waals surface area contributed by atoms with Crippen molar-refractivity contribution in [3.8, 4) is 0 Å². The number of anilines is 2. The lowest BCUT2D eigenvalue weighted by atomic mass is 10.2. The van der Waals surface area contributed by atoms with Crippen LogP contribution in [0.2, 0.25) is 0 Å². The summed E-state index contributed by atoms with van der Waals surface area (Å²) < 4.78 is 43.1. The number of nitrogens with zero attached hydrogens (tertiary/aromatic N) is 2. The van der Waals surface area contributed by atoms with Crippen molar-refractivity contribution in [1.29, 1.82) is 0 Å². The zero-order valence-electron chi connectivity index (χ0n) is 13.8. The fourth-order valence-electron chi connectivity index (χ4n) is 2.32. The van der Waals surface area contributed by atoms with E-state index < -0.39 is 23.4 Å². The Balaban J connectivity index is 1.97. The van der Waals surface area contributed by atoms with Crippen LogP contribution in [-0.4, -0.2) is 40.7 Å². The van der Waals surface area contributed by atoms with Crippen LogP contribution in [0.15, 0.2) is 12.3 Å². The minimum Gasteiger partial charge on any atom is -0.444 e. The van der Waals surface area contributed by atoms with Crippen LogP contribution in [-0.2, 0) is 10.9 Å². The molecule has 0 radical (unpaired) electrons. The molecule has 3 N–H and O–H groups in total. The van der Waals surface area contributed by atoms with Gasteiger partial charge in [-0.05, 0) is 33.3 Å². The van der Waals surface area contributed by atoms with Crippen molar-refractivity contribution in [3.05, 3.63) is 17.8 Å². The fourth-order valence-corrected chi connectivity index (χ4v) is 2.32. The van der Waals surface area contributed by atoms with Gasteiger partial charge in [0.2, 0.25) is 0 Å². The average Bonchev–Trinajstić information content (AvgIpc) is 2.86. The van der Waals surface area contributed by atoms with Gasteiger partial charge in [-0.1, -0.05) is 0 Å². The monoisotopic (exact) mass is 346 g/mol. The minimum atomic E-state index is -4.49. The molecular formula is C15H21F3N4O2. The Morgan fingerprint density at radius 1 is 1.42 bits per heavy atom. The second-order valence-corrected chi connectivity index (χ2v) is 6.72. The minimum absolute atomic E-state index is 0.0828. The highest BCUT2D eigenvalue weighted by Crippen LogP contribution is 2.32. The highest BCUT2D eigenvalue weighted by Gasteiger charge is 2.33. The number of amides is 1. The number of pyridine rings is 1. The Kier molecular flexibility index (Phi) is 4.82. The van der Waals surface area contributed by atoms with E-state index in [2.05, 4.69) is 10.3 Å². The summed E-state index contributed by atoms with van der Waals surface area (Å²) >= 11 is 0. The first-order valence-corrected chi connectivity index (χ1v) is 7.53. The molecule has 2 heterocycles. The van der Waals surface area contributed by atoms with Crippen molar-refractivity contribution in [2.45, 2.75) is 45.0 Å². The van der Waals surface area contributed by atoms with E-state index in [1.807, 2.05) is 0 Å². The van der Waals surface area contributed by atoms with Gasteiger partial charge in [-0.3, -0.25) is 0 Å². The molecular weight excluding hydrogens is 325 g/mol. The number of ether oxygens (including phenoxy) is 1. The summed E-state index contributed by atoms with van der Waals surface area (Å²) in [5.74, 6) is 0.180. The number of rotatable bonds is 2. The first-order valence-electron chi connectivity index (χ1n) is 7.53. The standard InChI is InChI=1S/C15H21F3N4O2/c1-14(2,3)24-13(23)22-5-4-10(8-22)21-12-11(19)6-9(7-20-12)15(16,17)18/h6-7,10H,4-5,8,19H2,1-3H3,(H,20,21). The number of carbonyl (C=O) groups excluding carboxylic acids is 1. The number of nitrogens with one attached hydrogen (secondary N) is 1. The lowest BCUT2D eigenvalue weighted by molar-refractivity contribution is -0.137. The number of aromatic nitrogens is 1. The van der Waals surface area contributed by atoms with Crippen molar-refractivity contribution < 1.29 is 22.7 Å². The van der Waals surface area contributed by atoms with Crippen LogP contribution in [0.1, 0.15) is 32.8 Å². The van der Waals surface area contributed by atoms with Gasteiger partial charge in [0.15, 0.2) is 0 Å². The van der Waals surface area contributed by atoms with Crippen molar-refractivity contribution in [2.24, 2.45) is 0 Å². The van der Waals surface area contributed by atoms with Crippen molar-refractivity contribution in [3.63, 3.8) is 0 Å². The molecule has 1 fully saturated rings. The summed E-state index contributed by atoms with van der Waals surface area (Å²) in [6.45, 7) is 6.21. The normalized spacial score (nSPS) is 18.6. The van der Waals surface area contributed by atoms with E-state index in [4.69, 9.17) is 10.5 Å². The van der Waals surface area contributed by atoms with E-state index in [1.165, 1.54) is 0 Å². The Morgan fingerprint density at radius 3 is 2.62 bits per heavy atom. The number of nitrogen functional groups attached to an aromatic ring is 1. The third-order valence-electron chi connectivity index (χ3n) is 3.43. The van der Waals surface area contributed by atoms with Crippen molar-refractivity contribution >= 4 is 17.6 Å². The molecule has 1 aromatic rings. The number of hydrogen-bond acceptors (Lipinski definition) is 5. The van der Waals surface area contributed by atoms with E-state index in [9.17, 15) is 18.0 Å². The molecule has 0 aromatic carbocycles. The van der Waals surface area contributed by atoms with E-state index in [0.29, 0.717) is 19.5 Å². The smallest absolute Gasteiger partial charge is 0.417 e. The molecule has 134 valence electrons. The SMILES string of the molecule is CC(C)(C)OC(=O)N1CCC(Nc2ncc(C(F)(F)F)cc2N)C1. The highest BCUT2D eigenvalue weighted by atomic mass is 19.4.